The van der Waals surface area contributed by atoms with Gasteiger partial charge in [0.15, 0.2) is 0 Å². The Hall–Kier alpha value is -1.51. The van der Waals surface area contributed by atoms with E-state index in [-0.39, 0.29) is 5.91 Å². The molecule has 3 heteroatoms. The van der Waals surface area contributed by atoms with Crippen LogP contribution in [-0.4, -0.2) is 23.9 Å². The van der Waals surface area contributed by atoms with Crippen molar-refractivity contribution in [3.63, 3.8) is 0 Å². The van der Waals surface area contributed by atoms with Gasteiger partial charge >= 0.3 is 0 Å². The van der Waals surface area contributed by atoms with Crippen LogP contribution in [0.4, 0.5) is 5.69 Å². The normalized spacial score (nSPS) is 14.8. The summed E-state index contributed by atoms with van der Waals surface area (Å²) < 4.78 is 0. The number of amides is 1. The van der Waals surface area contributed by atoms with Gasteiger partial charge in [-0.1, -0.05) is 12.1 Å². The molecule has 2 N–H and O–H groups in total. The number of nitrogens with two attached hydrogens (primary N) is 1. The Bertz CT molecular complexity index is 368. The van der Waals surface area contributed by atoms with Crippen molar-refractivity contribution < 1.29 is 4.79 Å². The van der Waals surface area contributed by atoms with Gasteiger partial charge < -0.3 is 10.6 Å². The highest BCUT2D eigenvalue weighted by atomic mass is 16.2. The molecule has 1 aromatic carbocycles. The molecule has 0 radical (unpaired) electrons. The number of nitrogen functional groups attached to an aromatic ring is 1. The molecule has 1 saturated carbocycles. The summed E-state index contributed by atoms with van der Waals surface area (Å²) in [6.07, 6.45) is 3.74. The summed E-state index contributed by atoms with van der Waals surface area (Å²) in [6.45, 7) is 0. The summed E-state index contributed by atoms with van der Waals surface area (Å²) in [5.74, 6) is 0.249. The zero-order valence-corrected chi connectivity index (χ0v) is 9.65. The maximum absolute atomic E-state index is 11.8. The summed E-state index contributed by atoms with van der Waals surface area (Å²) in [5, 5.41) is 0. The highest BCUT2D eigenvalue weighted by Crippen LogP contribution is 2.25. The van der Waals surface area contributed by atoms with Crippen LogP contribution in [0.2, 0.25) is 0 Å². The smallest absolute Gasteiger partial charge is 0.222 e. The van der Waals surface area contributed by atoms with E-state index in [4.69, 9.17) is 5.73 Å². The lowest BCUT2D eigenvalue weighted by molar-refractivity contribution is -0.130. The SMILES string of the molecule is CN(C(=O)CCc1ccc(N)cc1)C1CC1. The lowest BCUT2D eigenvalue weighted by Crippen LogP contribution is -2.28. The number of carbonyl (C=O) groups excluding carboxylic acids is 1. The molecule has 0 unspecified atom stereocenters. The van der Waals surface area contributed by atoms with Crippen molar-refractivity contribution in [1.29, 1.82) is 0 Å². The lowest BCUT2D eigenvalue weighted by atomic mass is 10.1. The average Bonchev–Trinajstić information content (AvgIpc) is 3.11. The van der Waals surface area contributed by atoms with Crippen LogP contribution in [0.25, 0.3) is 0 Å². The van der Waals surface area contributed by atoms with Gasteiger partial charge in [-0.25, -0.2) is 0 Å². The Morgan fingerprint density at radius 2 is 2.00 bits per heavy atom. The maximum Gasteiger partial charge on any atom is 0.222 e. The van der Waals surface area contributed by atoms with Crippen LogP contribution in [0.5, 0.6) is 0 Å². The molecule has 3 nitrogen and oxygen atoms in total. The van der Waals surface area contributed by atoms with E-state index in [1.54, 1.807) is 0 Å². The molecule has 0 aliphatic heterocycles. The van der Waals surface area contributed by atoms with Crippen molar-refractivity contribution >= 4 is 11.6 Å². The second kappa shape index (κ2) is 4.56. The van der Waals surface area contributed by atoms with E-state index < -0.39 is 0 Å². The summed E-state index contributed by atoms with van der Waals surface area (Å²) in [5.41, 5.74) is 7.55. The highest BCUT2D eigenvalue weighted by Gasteiger charge is 2.28. The van der Waals surface area contributed by atoms with E-state index in [1.807, 2.05) is 36.2 Å². The number of carbonyl (C=O) groups is 1. The number of nitrogens with zero attached hydrogens (tertiary/aromatic N) is 1. The third-order valence-electron chi connectivity index (χ3n) is 3.10. The fourth-order valence-corrected chi connectivity index (χ4v) is 1.78. The molecule has 16 heavy (non-hydrogen) atoms. The second-order valence-electron chi connectivity index (χ2n) is 4.48. The third kappa shape index (κ3) is 2.75. The van der Waals surface area contributed by atoms with Crippen LogP contribution in [0.1, 0.15) is 24.8 Å². The molecule has 0 atom stereocenters. The first-order valence-corrected chi connectivity index (χ1v) is 5.77. The molecule has 0 aromatic heterocycles. The largest absolute Gasteiger partial charge is 0.399 e. The summed E-state index contributed by atoms with van der Waals surface area (Å²) in [4.78, 5) is 13.7. The number of anilines is 1. The molecule has 86 valence electrons. The number of rotatable bonds is 4. The topological polar surface area (TPSA) is 46.3 Å². The standard InChI is InChI=1S/C13H18N2O/c1-15(12-7-8-12)13(16)9-4-10-2-5-11(14)6-3-10/h2-3,5-6,12H,4,7-9,14H2,1H3. The van der Waals surface area contributed by atoms with E-state index in [2.05, 4.69) is 0 Å². The van der Waals surface area contributed by atoms with Crippen molar-refractivity contribution in [2.45, 2.75) is 31.7 Å². The number of benzene rings is 1. The van der Waals surface area contributed by atoms with E-state index in [1.165, 1.54) is 18.4 Å². The zero-order chi connectivity index (χ0) is 11.5. The monoisotopic (exact) mass is 218 g/mol. The van der Waals surface area contributed by atoms with Crippen molar-refractivity contribution in [1.82, 2.24) is 4.90 Å². The predicted molar refractivity (Wildman–Crippen MR) is 65.0 cm³/mol. The Kier molecular flexibility index (Phi) is 3.13. The third-order valence-corrected chi connectivity index (χ3v) is 3.10. The van der Waals surface area contributed by atoms with Gasteiger partial charge in [0.2, 0.25) is 5.91 Å². The summed E-state index contributed by atoms with van der Waals surface area (Å²) in [7, 11) is 1.91. The van der Waals surface area contributed by atoms with Gasteiger partial charge in [0.25, 0.3) is 0 Å². The minimum atomic E-state index is 0.249. The zero-order valence-electron chi connectivity index (χ0n) is 9.65. The minimum absolute atomic E-state index is 0.249. The predicted octanol–water partition coefficient (Wildman–Crippen LogP) is 1.82. The first kappa shape index (κ1) is 11.0. The van der Waals surface area contributed by atoms with Crippen molar-refractivity contribution in [2.75, 3.05) is 12.8 Å². The van der Waals surface area contributed by atoms with Crippen molar-refractivity contribution in [3.05, 3.63) is 29.8 Å². The molecule has 1 amide bonds. The first-order valence-electron chi connectivity index (χ1n) is 5.77. The van der Waals surface area contributed by atoms with Crippen molar-refractivity contribution in [2.24, 2.45) is 0 Å². The van der Waals surface area contributed by atoms with Crippen LogP contribution < -0.4 is 5.73 Å². The molecule has 1 aromatic rings. The summed E-state index contributed by atoms with van der Waals surface area (Å²) >= 11 is 0. The van der Waals surface area contributed by atoms with E-state index in [0.717, 1.165) is 12.1 Å². The fourth-order valence-electron chi connectivity index (χ4n) is 1.78. The number of hydrogen-bond acceptors (Lipinski definition) is 2. The molecular weight excluding hydrogens is 200 g/mol. The molecule has 0 spiro atoms. The van der Waals surface area contributed by atoms with Crippen LogP contribution in [0.3, 0.4) is 0 Å². The minimum Gasteiger partial charge on any atom is -0.399 e. The van der Waals surface area contributed by atoms with Gasteiger partial charge in [0, 0.05) is 25.2 Å². The molecular formula is C13H18N2O. The molecule has 1 aliphatic rings. The van der Waals surface area contributed by atoms with E-state index in [9.17, 15) is 4.79 Å². The number of aryl methyl sites for hydroxylation is 1. The van der Waals surface area contributed by atoms with Crippen LogP contribution >= 0.6 is 0 Å². The van der Waals surface area contributed by atoms with Crippen LogP contribution in [0, 0.1) is 0 Å². The Labute approximate surface area is 96.2 Å². The average molecular weight is 218 g/mol. The quantitative estimate of drug-likeness (QED) is 0.784. The fraction of sp³-hybridized carbons (Fsp3) is 0.462. The van der Waals surface area contributed by atoms with Gasteiger partial charge in [-0.2, -0.15) is 0 Å². The van der Waals surface area contributed by atoms with Gasteiger partial charge in [-0.05, 0) is 37.0 Å². The molecule has 0 heterocycles. The Morgan fingerprint density at radius 1 is 1.38 bits per heavy atom. The van der Waals surface area contributed by atoms with Crippen LogP contribution in [-0.2, 0) is 11.2 Å². The highest BCUT2D eigenvalue weighted by molar-refractivity contribution is 5.76. The van der Waals surface area contributed by atoms with Gasteiger partial charge in [0.1, 0.15) is 0 Å². The van der Waals surface area contributed by atoms with Gasteiger partial charge in [0.05, 0.1) is 0 Å². The van der Waals surface area contributed by atoms with E-state index >= 15 is 0 Å². The number of hydrogen-bond donors (Lipinski definition) is 1. The molecule has 0 bridgehead atoms. The van der Waals surface area contributed by atoms with Gasteiger partial charge in [-0.15, -0.1) is 0 Å². The molecule has 1 fully saturated rings. The molecule has 0 saturated heterocycles. The first-order chi connectivity index (χ1) is 7.66. The van der Waals surface area contributed by atoms with Crippen LogP contribution in [0.15, 0.2) is 24.3 Å². The molecule has 1 aliphatic carbocycles. The van der Waals surface area contributed by atoms with E-state index in [0.29, 0.717) is 12.5 Å². The molecule has 2 rings (SSSR count). The lowest BCUT2D eigenvalue weighted by Gasteiger charge is -2.15. The van der Waals surface area contributed by atoms with Crippen molar-refractivity contribution in [3.8, 4) is 0 Å². The Balaban J connectivity index is 1.82. The summed E-state index contributed by atoms with van der Waals surface area (Å²) in [6, 6.07) is 8.24. The maximum atomic E-state index is 11.8. The van der Waals surface area contributed by atoms with Gasteiger partial charge in [-0.3, -0.25) is 4.79 Å². The second-order valence-corrected chi connectivity index (χ2v) is 4.48. The Morgan fingerprint density at radius 3 is 2.56 bits per heavy atom.